The summed E-state index contributed by atoms with van der Waals surface area (Å²) in [4.78, 5) is 0. The van der Waals surface area contributed by atoms with E-state index in [2.05, 4.69) is 59.7 Å². The molecular formula is C18H30O. The van der Waals surface area contributed by atoms with Crippen LogP contribution in [0.5, 0.6) is 0 Å². The molecule has 0 saturated heterocycles. The highest BCUT2D eigenvalue weighted by molar-refractivity contribution is 5.28. The van der Waals surface area contributed by atoms with Gasteiger partial charge in [-0.2, -0.15) is 0 Å². The van der Waals surface area contributed by atoms with Crippen molar-refractivity contribution in [1.82, 2.24) is 0 Å². The van der Waals surface area contributed by atoms with Gasteiger partial charge in [-0.15, -0.1) is 0 Å². The van der Waals surface area contributed by atoms with Crippen LogP contribution in [0.15, 0.2) is 18.2 Å². The largest absolute Gasteiger partial charge is 0.393 e. The molecule has 0 spiro atoms. The molecule has 0 heterocycles. The number of aliphatic hydroxyl groups excluding tert-OH is 1. The summed E-state index contributed by atoms with van der Waals surface area (Å²) >= 11 is 0. The summed E-state index contributed by atoms with van der Waals surface area (Å²) in [6.45, 7) is 13.3. The molecule has 1 N–H and O–H groups in total. The van der Waals surface area contributed by atoms with Crippen molar-refractivity contribution >= 4 is 0 Å². The number of rotatable bonds is 5. The minimum absolute atomic E-state index is 0.224. The first-order valence-corrected chi connectivity index (χ1v) is 7.41. The molecule has 0 fully saturated rings. The van der Waals surface area contributed by atoms with Crippen molar-refractivity contribution in [3.05, 3.63) is 34.9 Å². The quantitative estimate of drug-likeness (QED) is 0.817. The van der Waals surface area contributed by atoms with Crippen molar-refractivity contribution in [1.29, 1.82) is 0 Å². The van der Waals surface area contributed by atoms with Crippen molar-refractivity contribution in [2.45, 2.75) is 66.9 Å². The highest BCUT2D eigenvalue weighted by Gasteiger charge is 2.18. The second kappa shape index (κ2) is 6.56. The maximum absolute atomic E-state index is 10.3. The van der Waals surface area contributed by atoms with Crippen LogP contribution in [0.1, 0.15) is 57.2 Å². The van der Waals surface area contributed by atoms with Gasteiger partial charge in [0.2, 0.25) is 0 Å². The Bertz CT molecular complexity index is 380. The maximum atomic E-state index is 10.3. The molecule has 108 valence electrons. The molecular weight excluding hydrogens is 232 g/mol. The van der Waals surface area contributed by atoms with E-state index < -0.39 is 0 Å². The first-order chi connectivity index (χ1) is 8.65. The van der Waals surface area contributed by atoms with Crippen LogP contribution in [0.2, 0.25) is 0 Å². The molecule has 0 aliphatic rings. The van der Waals surface area contributed by atoms with Gasteiger partial charge in [-0.3, -0.25) is 0 Å². The molecule has 0 aliphatic carbocycles. The standard InChI is InChI=1S/C18H30O/c1-13-7-14(2)9-16(8-13)11-17(19)10-15(3)12-18(4,5)6/h7-9,15,17,19H,10-12H2,1-6H3. The van der Waals surface area contributed by atoms with E-state index in [0.29, 0.717) is 11.3 Å². The molecule has 2 unspecified atom stereocenters. The SMILES string of the molecule is Cc1cc(C)cc(CC(O)CC(C)CC(C)(C)C)c1. The molecule has 19 heavy (non-hydrogen) atoms. The minimum Gasteiger partial charge on any atom is -0.393 e. The van der Waals surface area contributed by atoms with Crippen LogP contribution >= 0.6 is 0 Å². The molecule has 0 aliphatic heterocycles. The van der Waals surface area contributed by atoms with E-state index in [1.54, 1.807) is 0 Å². The van der Waals surface area contributed by atoms with Gasteiger partial charge in [-0.25, -0.2) is 0 Å². The van der Waals surface area contributed by atoms with Gasteiger partial charge in [0.05, 0.1) is 6.10 Å². The molecule has 2 atom stereocenters. The van der Waals surface area contributed by atoms with Crippen molar-refractivity contribution in [2.75, 3.05) is 0 Å². The summed E-state index contributed by atoms with van der Waals surface area (Å²) in [5, 5.41) is 10.3. The zero-order valence-electron chi connectivity index (χ0n) is 13.5. The Morgan fingerprint density at radius 1 is 1.05 bits per heavy atom. The van der Waals surface area contributed by atoms with Gasteiger partial charge in [0.1, 0.15) is 0 Å². The fourth-order valence-corrected chi connectivity index (χ4v) is 3.14. The fraction of sp³-hybridized carbons (Fsp3) is 0.667. The van der Waals surface area contributed by atoms with E-state index in [-0.39, 0.29) is 6.10 Å². The third-order valence-electron chi connectivity index (χ3n) is 3.39. The van der Waals surface area contributed by atoms with Crippen LogP contribution in [0.3, 0.4) is 0 Å². The second-order valence-electron chi connectivity index (χ2n) is 7.46. The molecule has 1 nitrogen and oxygen atoms in total. The Balaban J connectivity index is 2.53. The van der Waals surface area contributed by atoms with Crippen LogP contribution < -0.4 is 0 Å². The molecule has 1 rings (SSSR count). The molecule has 1 aromatic carbocycles. The van der Waals surface area contributed by atoms with Gasteiger partial charge in [0, 0.05) is 0 Å². The van der Waals surface area contributed by atoms with E-state index >= 15 is 0 Å². The first kappa shape index (κ1) is 16.2. The summed E-state index contributed by atoms with van der Waals surface area (Å²) in [6.07, 6.45) is 2.61. The summed E-state index contributed by atoms with van der Waals surface area (Å²) in [5.41, 5.74) is 4.17. The molecule has 0 amide bonds. The van der Waals surface area contributed by atoms with Crippen LogP contribution in [-0.2, 0) is 6.42 Å². The average Bonchev–Trinajstić information content (AvgIpc) is 2.10. The zero-order valence-corrected chi connectivity index (χ0v) is 13.5. The lowest BCUT2D eigenvalue weighted by Gasteiger charge is -2.25. The van der Waals surface area contributed by atoms with Gasteiger partial charge < -0.3 is 5.11 Å². The Morgan fingerprint density at radius 3 is 2.05 bits per heavy atom. The van der Waals surface area contributed by atoms with Crippen LogP contribution in [0, 0.1) is 25.2 Å². The first-order valence-electron chi connectivity index (χ1n) is 7.41. The third-order valence-corrected chi connectivity index (χ3v) is 3.39. The predicted molar refractivity (Wildman–Crippen MR) is 83.5 cm³/mol. The Kier molecular flexibility index (Phi) is 5.61. The number of hydrogen-bond donors (Lipinski definition) is 1. The molecule has 0 aromatic heterocycles. The average molecular weight is 262 g/mol. The third kappa shape index (κ3) is 6.77. The smallest absolute Gasteiger partial charge is 0.0583 e. The zero-order chi connectivity index (χ0) is 14.6. The highest BCUT2D eigenvalue weighted by atomic mass is 16.3. The summed E-state index contributed by atoms with van der Waals surface area (Å²) < 4.78 is 0. The van der Waals surface area contributed by atoms with Gasteiger partial charge in [0.25, 0.3) is 0 Å². The van der Waals surface area contributed by atoms with Crippen LogP contribution in [0.25, 0.3) is 0 Å². The molecule has 1 aromatic rings. The number of benzene rings is 1. The predicted octanol–water partition coefficient (Wildman–Crippen LogP) is 4.67. The topological polar surface area (TPSA) is 20.2 Å². The van der Waals surface area contributed by atoms with E-state index in [4.69, 9.17) is 0 Å². The van der Waals surface area contributed by atoms with Crippen molar-refractivity contribution in [2.24, 2.45) is 11.3 Å². The number of aliphatic hydroxyl groups is 1. The lowest BCUT2D eigenvalue weighted by Crippen LogP contribution is -2.18. The van der Waals surface area contributed by atoms with E-state index in [0.717, 1.165) is 19.3 Å². The summed E-state index contributed by atoms with van der Waals surface area (Å²) in [6, 6.07) is 6.55. The lowest BCUT2D eigenvalue weighted by molar-refractivity contribution is 0.133. The summed E-state index contributed by atoms with van der Waals surface area (Å²) in [5.74, 6) is 0.570. The van der Waals surface area contributed by atoms with Gasteiger partial charge in [0.15, 0.2) is 0 Å². The molecule has 0 saturated carbocycles. The molecule has 0 bridgehead atoms. The minimum atomic E-state index is -0.224. The normalized spacial score (nSPS) is 15.3. The van der Waals surface area contributed by atoms with E-state index in [1.807, 2.05) is 0 Å². The highest BCUT2D eigenvalue weighted by Crippen LogP contribution is 2.27. The Labute approximate surface area is 119 Å². The Hall–Kier alpha value is -0.820. The molecule has 0 radical (unpaired) electrons. The molecule has 1 heteroatoms. The monoisotopic (exact) mass is 262 g/mol. The number of hydrogen-bond acceptors (Lipinski definition) is 1. The summed E-state index contributed by atoms with van der Waals surface area (Å²) in [7, 11) is 0. The second-order valence-corrected chi connectivity index (χ2v) is 7.46. The van der Waals surface area contributed by atoms with Crippen molar-refractivity contribution in [3.8, 4) is 0 Å². The van der Waals surface area contributed by atoms with Crippen LogP contribution in [0.4, 0.5) is 0 Å². The maximum Gasteiger partial charge on any atom is 0.0583 e. The number of aryl methyl sites for hydroxylation is 2. The Morgan fingerprint density at radius 2 is 1.58 bits per heavy atom. The van der Waals surface area contributed by atoms with Gasteiger partial charge in [-0.05, 0) is 50.0 Å². The lowest BCUT2D eigenvalue weighted by atomic mass is 9.82. The van der Waals surface area contributed by atoms with Gasteiger partial charge in [-0.1, -0.05) is 57.0 Å². The van der Waals surface area contributed by atoms with E-state index in [1.165, 1.54) is 16.7 Å². The van der Waals surface area contributed by atoms with Gasteiger partial charge >= 0.3 is 0 Å². The van der Waals surface area contributed by atoms with Crippen molar-refractivity contribution in [3.63, 3.8) is 0 Å². The fourth-order valence-electron chi connectivity index (χ4n) is 3.14. The van der Waals surface area contributed by atoms with Crippen LogP contribution in [-0.4, -0.2) is 11.2 Å². The van der Waals surface area contributed by atoms with E-state index in [9.17, 15) is 5.11 Å². The van der Waals surface area contributed by atoms with Crippen molar-refractivity contribution < 1.29 is 5.11 Å².